The Kier molecular flexibility index (Phi) is 2.91. The van der Waals surface area contributed by atoms with E-state index >= 15 is 0 Å². The van der Waals surface area contributed by atoms with Gasteiger partial charge in [0.05, 0.1) is 15.7 Å². The Morgan fingerprint density at radius 2 is 2.08 bits per heavy atom. The molecular weight excluding hydrogens is 320 g/mol. The molecule has 1 N–H and O–H groups in total. The first-order valence-corrected chi connectivity index (χ1v) is 9.00. The summed E-state index contributed by atoms with van der Waals surface area (Å²) < 4.78 is 3.19. The Bertz CT molecular complexity index is 1130. The second kappa shape index (κ2) is 5.01. The molecule has 0 radical (unpaired) electrons. The van der Waals surface area contributed by atoms with E-state index in [-0.39, 0.29) is 4.87 Å². The molecule has 1 fully saturated rings. The first kappa shape index (κ1) is 13.9. The standard InChI is InChI=1S/C18H16N4OS/c1-10-5-8-14-16(19-10)21-17(11-3-2-4-11)22(14)12-6-7-13-15(9-12)24-18(23)20-13/h5-9,11H,2-4H2,1H3,(H,20,23). The van der Waals surface area contributed by atoms with E-state index in [2.05, 4.69) is 26.7 Å². The number of thiazole rings is 1. The summed E-state index contributed by atoms with van der Waals surface area (Å²) in [5.41, 5.74) is 4.75. The van der Waals surface area contributed by atoms with E-state index in [0.29, 0.717) is 5.92 Å². The summed E-state index contributed by atoms with van der Waals surface area (Å²) in [6.07, 6.45) is 3.63. The number of imidazole rings is 1. The number of nitrogens with zero attached hydrogens (tertiary/aromatic N) is 3. The van der Waals surface area contributed by atoms with Gasteiger partial charge in [-0.3, -0.25) is 9.36 Å². The topological polar surface area (TPSA) is 63.6 Å². The molecule has 5 nitrogen and oxygen atoms in total. The second-order valence-electron chi connectivity index (χ2n) is 6.42. The molecule has 4 aromatic rings. The number of nitrogens with one attached hydrogen (secondary N) is 1. The Labute approximate surface area is 142 Å². The molecule has 1 saturated carbocycles. The molecular formula is C18H16N4OS. The van der Waals surface area contributed by atoms with Crippen LogP contribution in [0.5, 0.6) is 0 Å². The molecule has 3 heterocycles. The fraction of sp³-hybridized carbons (Fsp3) is 0.278. The molecule has 0 amide bonds. The Hall–Kier alpha value is -2.47. The third kappa shape index (κ3) is 2.03. The SMILES string of the molecule is Cc1ccc2c(n1)nc(C1CCC1)n2-c1ccc2[nH]c(=O)sc2c1. The van der Waals surface area contributed by atoms with E-state index in [1.807, 2.05) is 25.1 Å². The van der Waals surface area contributed by atoms with Crippen LogP contribution in [0.4, 0.5) is 0 Å². The number of fused-ring (bicyclic) bond motifs is 2. The van der Waals surface area contributed by atoms with Gasteiger partial charge < -0.3 is 4.98 Å². The predicted octanol–water partition coefficient (Wildman–Crippen LogP) is 3.90. The molecule has 0 bridgehead atoms. The van der Waals surface area contributed by atoms with Gasteiger partial charge in [0.15, 0.2) is 5.65 Å². The van der Waals surface area contributed by atoms with Gasteiger partial charge in [0.25, 0.3) is 0 Å². The number of aryl methyl sites for hydroxylation is 1. The van der Waals surface area contributed by atoms with Gasteiger partial charge in [-0.15, -0.1) is 0 Å². The highest BCUT2D eigenvalue weighted by Gasteiger charge is 2.27. The first-order chi connectivity index (χ1) is 11.7. The van der Waals surface area contributed by atoms with Crippen molar-refractivity contribution in [2.45, 2.75) is 32.1 Å². The molecule has 1 aliphatic rings. The van der Waals surface area contributed by atoms with Crippen molar-refractivity contribution < 1.29 is 0 Å². The van der Waals surface area contributed by atoms with Gasteiger partial charge >= 0.3 is 4.87 Å². The third-order valence-electron chi connectivity index (χ3n) is 4.82. The summed E-state index contributed by atoms with van der Waals surface area (Å²) in [6.45, 7) is 1.99. The van der Waals surface area contributed by atoms with Crippen LogP contribution in [0, 0.1) is 6.92 Å². The van der Waals surface area contributed by atoms with Gasteiger partial charge in [-0.05, 0) is 50.1 Å². The van der Waals surface area contributed by atoms with Crippen molar-refractivity contribution in [3.63, 3.8) is 0 Å². The predicted molar refractivity (Wildman–Crippen MR) is 96.2 cm³/mol. The summed E-state index contributed by atoms with van der Waals surface area (Å²) in [7, 11) is 0. The van der Waals surface area contributed by atoms with E-state index in [1.165, 1.54) is 30.6 Å². The maximum Gasteiger partial charge on any atom is 0.305 e. The lowest BCUT2D eigenvalue weighted by atomic mass is 9.85. The minimum atomic E-state index is -0.0193. The fourth-order valence-corrected chi connectivity index (χ4v) is 4.13. The molecule has 0 atom stereocenters. The van der Waals surface area contributed by atoms with Crippen LogP contribution in [-0.2, 0) is 0 Å². The van der Waals surface area contributed by atoms with Gasteiger partial charge in [0.2, 0.25) is 0 Å². The van der Waals surface area contributed by atoms with Crippen LogP contribution in [0.15, 0.2) is 35.1 Å². The molecule has 0 saturated heterocycles. The fourth-order valence-electron chi connectivity index (χ4n) is 3.36. The highest BCUT2D eigenvalue weighted by Crippen LogP contribution is 2.38. The normalized spacial score (nSPS) is 15.2. The number of hydrogen-bond donors (Lipinski definition) is 1. The number of pyridine rings is 1. The monoisotopic (exact) mass is 336 g/mol. The average Bonchev–Trinajstić information content (AvgIpc) is 3.03. The Morgan fingerprint density at radius 1 is 1.21 bits per heavy atom. The third-order valence-corrected chi connectivity index (χ3v) is 5.66. The zero-order valence-electron chi connectivity index (χ0n) is 13.2. The lowest BCUT2D eigenvalue weighted by Crippen LogP contribution is -2.14. The molecule has 120 valence electrons. The number of benzene rings is 1. The molecule has 5 rings (SSSR count). The molecule has 0 aliphatic heterocycles. The summed E-state index contributed by atoms with van der Waals surface area (Å²) >= 11 is 1.24. The van der Waals surface area contributed by atoms with E-state index in [9.17, 15) is 4.79 Å². The lowest BCUT2D eigenvalue weighted by Gasteiger charge is -2.25. The number of rotatable bonds is 2. The maximum absolute atomic E-state index is 11.6. The largest absolute Gasteiger partial charge is 0.312 e. The number of H-pyrrole nitrogens is 1. The summed E-state index contributed by atoms with van der Waals surface area (Å²) in [5.74, 6) is 1.59. The van der Waals surface area contributed by atoms with E-state index < -0.39 is 0 Å². The molecule has 3 aromatic heterocycles. The minimum absolute atomic E-state index is 0.0193. The van der Waals surface area contributed by atoms with Gasteiger partial charge in [0, 0.05) is 17.3 Å². The number of aromatic nitrogens is 4. The van der Waals surface area contributed by atoms with Crippen molar-refractivity contribution in [1.29, 1.82) is 0 Å². The zero-order valence-corrected chi connectivity index (χ0v) is 14.1. The van der Waals surface area contributed by atoms with Crippen molar-refractivity contribution in [3.8, 4) is 5.69 Å². The number of hydrogen-bond acceptors (Lipinski definition) is 4. The molecule has 24 heavy (non-hydrogen) atoms. The van der Waals surface area contributed by atoms with Crippen LogP contribution in [-0.4, -0.2) is 19.5 Å². The van der Waals surface area contributed by atoms with Crippen LogP contribution in [0.2, 0.25) is 0 Å². The van der Waals surface area contributed by atoms with E-state index in [0.717, 1.165) is 38.6 Å². The summed E-state index contributed by atoms with van der Waals surface area (Å²) in [4.78, 5) is 23.9. The summed E-state index contributed by atoms with van der Waals surface area (Å²) in [5, 5.41) is 0. The second-order valence-corrected chi connectivity index (χ2v) is 7.44. The molecule has 1 aromatic carbocycles. The van der Waals surface area contributed by atoms with Crippen molar-refractivity contribution in [3.05, 3.63) is 51.5 Å². The molecule has 1 aliphatic carbocycles. The van der Waals surface area contributed by atoms with Gasteiger partial charge in [-0.25, -0.2) is 9.97 Å². The molecule has 6 heteroatoms. The minimum Gasteiger partial charge on any atom is -0.312 e. The number of aromatic amines is 1. The van der Waals surface area contributed by atoms with Crippen LogP contribution in [0.25, 0.3) is 27.1 Å². The van der Waals surface area contributed by atoms with Crippen molar-refractivity contribution in [2.24, 2.45) is 0 Å². The van der Waals surface area contributed by atoms with Gasteiger partial charge in [0.1, 0.15) is 5.82 Å². The van der Waals surface area contributed by atoms with Crippen molar-refractivity contribution in [2.75, 3.05) is 0 Å². The molecule has 0 unspecified atom stereocenters. The maximum atomic E-state index is 11.6. The highest BCUT2D eigenvalue weighted by molar-refractivity contribution is 7.16. The van der Waals surface area contributed by atoms with Crippen LogP contribution in [0.3, 0.4) is 0 Å². The first-order valence-electron chi connectivity index (χ1n) is 8.18. The quantitative estimate of drug-likeness (QED) is 0.604. The van der Waals surface area contributed by atoms with Gasteiger partial charge in [-0.2, -0.15) is 0 Å². The van der Waals surface area contributed by atoms with Crippen LogP contribution in [0.1, 0.15) is 36.7 Å². The Balaban J connectivity index is 1.80. The van der Waals surface area contributed by atoms with Crippen LogP contribution < -0.4 is 4.87 Å². The highest BCUT2D eigenvalue weighted by atomic mass is 32.1. The van der Waals surface area contributed by atoms with E-state index in [1.54, 1.807) is 0 Å². The zero-order chi connectivity index (χ0) is 16.3. The van der Waals surface area contributed by atoms with Crippen molar-refractivity contribution in [1.82, 2.24) is 19.5 Å². The average molecular weight is 336 g/mol. The molecule has 0 spiro atoms. The van der Waals surface area contributed by atoms with Gasteiger partial charge in [-0.1, -0.05) is 17.8 Å². The smallest absolute Gasteiger partial charge is 0.305 e. The summed E-state index contributed by atoms with van der Waals surface area (Å²) in [6, 6.07) is 10.2. The van der Waals surface area contributed by atoms with Crippen LogP contribution >= 0.6 is 11.3 Å². The lowest BCUT2D eigenvalue weighted by molar-refractivity contribution is 0.399. The van der Waals surface area contributed by atoms with Crippen molar-refractivity contribution >= 4 is 32.7 Å². The Morgan fingerprint density at radius 3 is 2.88 bits per heavy atom. The van der Waals surface area contributed by atoms with E-state index in [4.69, 9.17) is 4.98 Å².